The quantitative estimate of drug-likeness (QED) is 0.735. The van der Waals surface area contributed by atoms with Gasteiger partial charge < -0.3 is 5.11 Å². The van der Waals surface area contributed by atoms with Crippen molar-refractivity contribution in [1.29, 1.82) is 0 Å². The lowest BCUT2D eigenvalue weighted by Gasteiger charge is -2.05. The SMILES string of the molecule is C/N=C\C(Cc1ccccc1)C(=O)O. The molecule has 1 N–H and O–H groups in total. The minimum Gasteiger partial charge on any atom is -0.481 e. The van der Waals surface area contributed by atoms with Gasteiger partial charge in [0.15, 0.2) is 0 Å². The Morgan fingerprint density at radius 3 is 2.64 bits per heavy atom. The van der Waals surface area contributed by atoms with Crippen molar-refractivity contribution < 1.29 is 9.90 Å². The van der Waals surface area contributed by atoms with Gasteiger partial charge in [-0.05, 0) is 12.0 Å². The Balaban J connectivity index is 2.70. The first-order valence-electron chi connectivity index (χ1n) is 4.43. The highest BCUT2D eigenvalue weighted by atomic mass is 16.4. The number of aliphatic carboxylic acids is 1. The van der Waals surface area contributed by atoms with Crippen LogP contribution in [0.25, 0.3) is 0 Å². The molecule has 0 amide bonds. The van der Waals surface area contributed by atoms with E-state index in [0.717, 1.165) is 5.56 Å². The molecule has 0 aliphatic rings. The molecule has 0 aliphatic carbocycles. The number of carboxylic acids is 1. The fraction of sp³-hybridized carbons (Fsp3) is 0.273. The maximum Gasteiger partial charge on any atom is 0.312 e. The van der Waals surface area contributed by atoms with E-state index in [1.807, 2.05) is 30.3 Å². The Morgan fingerprint density at radius 1 is 1.50 bits per heavy atom. The monoisotopic (exact) mass is 191 g/mol. The summed E-state index contributed by atoms with van der Waals surface area (Å²) >= 11 is 0. The first-order valence-corrected chi connectivity index (χ1v) is 4.43. The van der Waals surface area contributed by atoms with Crippen molar-refractivity contribution in [2.75, 3.05) is 7.05 Å². The van der Waals surface area contributed by atoms with Gasteiger partial charge in [-0.25, -0.2) is 0 Å². The van der Waals surface area contributed by atoms with Crippen LogP contribution in [-0.4, -0.2) is 24.3 Å². The van der Waals surface area contributed by atoms with Crippen LogP contribution < -0.4 is 0 Å². The zero-order chi connectivity index (χ0) is 10.4. The van der Waals surface area contributed by atoms with E-state index < -0.39 is 11.9 Å². The molecule has 14 heavy (non-hydrogen) atoms. The third kappa shape index (κ3) is 3.01. The zero-order valence-electron chi connectivity index (χ0n) is 8.05. The van der Waals surface area contributed by atoms with Crippen molar-refractivity contribution in [2.24, 2.45) is 10.9 Å². The Bertz CT molecular complexity index is 319. The van der Waals surface area contributed by atoms with Gasteiger partial charge in [0.2, 0.25) is 0 Å². The van der Waals surface area contributed by atoms with E-state index in [0.29, 0.717) is 6.42 Å². The molecule has 1 atom stereocenters. The average molecular weight is 191 g/mol. The second-order valence-corrected chi connectivity index (χ2v) is 3.04. The minimum absolute atomic E-state index is 0.494. The fourth-order valence-corrected chi connectivity index (χ4v) is 1.25. The van der Waals surface area contributed by atoms with Crippen LogP contribution in [0.1, 0.15) is 5.56 Å². The van der Waals surface area contributed by atoms with Gasteiger partial charge in [-0.3, -0.25) is 9.79 Å². The van der Waals surface area contributed by atoms with Crippen LogP contribution in [0.15, 0.2) is 35.3 Å². The van der Waals surface area contributed by atoms with Crippen molar-refractivity contribution in [2.45, 2.75) is 6.42 Å². The zero-order valence-corrected chi connectivity index (χ0v) is 8.05. The molecule has 3 heteroatoms. The van der Waals surface area contributed by atoms with Crippen LogP contribution in [0.4, 0.5) is 0 Å². The molecular weight excluding hydrogens is 178 g/mol. The van der Waals surface area contributed by atoms with Crippen LogP contribution in [0.2, 0.25) is 0 Å². The van der Waals surface area contributed by atoms with Crippen LogP contribution >= 0.6 is 0 Å². The standard InChI is InChI=1S/C11H13NO2/c1-12-8-10(11(13)14)7-9-5-3-2-4-6-9/h2-6,8,10H,7H2,1H3,(H,13,14)/b12-8-. The number of hydrogen-bond acceptors (Lipinski definition) is 2. The average Bonchev–Trinajstić information content (AvgIpc) is 2.18. The van der Waals surface area contributed by atoms with Crippen LogP contribution in [-0.2, 0) is 11.2 Å². The number of carboxylic acid groups (broad SMARTS) is 1. The highest BCUT2D eigenvalue weighted by molar-refractivity contribution is 5.88. The van der Waals surface area contributed by atoms with Gasteiger partial charge in [-0.2, -0.15) is 0 Å². The molecule has 0 aliphatic heterocycles. The van der Waals surface area contributed by atoms with Crippen molar-refractivity contribution in [3.63, 3.8) is 0 Å². The molecule has 0 bridgehead atoms. The Kier molecular flexibility index (Phi) is 3.85. The van der Waals surface area contributed by atoms with Gasteiger partial charge >= 0.3 is 5.97 Å². The number of carbonyl (C=O) groups is 1. The maximum absolute atomic E-state index is 10.8. The van der Waals surface area contributed by atoms with Crippen molar-refractivity contribution in [3.05, 3.63) is 35.9 Å². The molecule has 1 aromatic carbocycles. The van der Waals surface area contributed by atoms with E-state index in [2.05, 4.69) is 4.99 Å². The van der Waals surface area contributed by atoms with Gasteiger partial charge in [-0.15, -0.1) is 0 Å². The smallest absolute Gasteiger partial charge is 0.312 e. The summed E-state index contributed by atoms with van der Waals surface area (Å²) in [7, 11) is 1.58. The second-order valence-electron chi connectivity index (χ2n) is 3.04. The van der Waals surface area contributed by atoms with Crippen LogP contribution in [0, 0.1) is 5.92 Å². The molecular formula is C11H13NO2. The Hall–Kier alpha value is -1.64. The van der Waals surface area contributed by atoms with Crippen LogP contribution in [0.3, 0.4) is 0 Å². The van der Waals surface area contributed by atoms with E-state index in [1.165, 1.54) is 6.21 Å². The summed E-state index contributed by atoms with van der Waals surface area (Å²) in [6.07, 6.45) is 1.96. The topological polar surface area (TPSA) is 49.7 Å². The fourth-order valence-electron chi connectivity index (χ4n) is 1.25. The molecule has 74 valence electrons. The van der Waals surface area contributed by atoms with Gasteiger partial charge in [0.25, 0.3) is 0 Å². The third-order valence-corrected chi connectivity index (χ3v) is 1.94. The van der Waals surface area contributed by atoms with E-state index in [-0.39, 0.29) is 0 Å². The lowest BCUT2D eigenvalue weighted by molar-refractivity contribution is -0.139. The minimum atomic E-state index is -0.834. The van der Waals surface area contributed by atoms with E-state index in [1.54, 1.807) is 7.05 Å². The normalized spacial score (nSPS) is 12.9. The number of rotatable bonds is 4. The van der Waals surface area contributed by atoms with Crippen molar-refractivity contribution in [3.8, 4) is 0 Å². The Morgan fingerprint density at radius 2 is 2.14 bits per heavy atom. The Labute approximate surface area is 83.1 Å². The summed E-state index contributed by atoms with van der Waals surface area (Å²) in [4.78, 5) is 14.6. The third-order valence-electron chi connectivity index (χ3n) is 1.94. The molecule has 0 aromatic heterocycles. The molecule has 0 fully saturated rings. The number of hydrogen-bond donors (Lipinski definition) is 1. The maximum atomic E-state index is 10.8. The van der Waals surface area contributed by atoms with Crippen molar-refractivity contribution in [1.82, 2.24) is 0 Å². The van der Waals surface area contributed by atoms with E-state index >= 15 is 0 Å². The molecule has 0 heterocycles. The summed E-state index contributed by atoms with van der Waals surface area (Å²) in [5, 5.41) is 8.87. The van der Waals surface area contributed by atoms with Gasteiger partial charge in [0.05, 0.1) is 5.92 Å². The van der Waals surface area contributed by atoms with Gasteiger partial charge in [0.1, 0.15) is 0 Å². The molecule has 1 unspecified atom stereocenters. The largest absolute Gasteiger partial charge is 0.481 e. The molecule has 0 saturated heterocycles. The molecule has 1 aromatic rings. The van der Waals surface area contributed by atoms with Crippen LogP contribution in [0.5, 0.6) is 0 Å². The van der Waals surface area contributed by atoms with E-state index in [4.69, 9.17) is 5.11 Å². The highest BCUT2D eigenvalue weighted by Crippen LogP contribution is 2.07. The number of nitrogens with zero attached hydrogens (tertiary/aromatic N) is 1. The number of aliphatic imine (C=N–C) groups is 1. The molecule has 1 rings (SSSR count). The van der Waals surface area contributed by atoms with Gasteiger partial charge in [-0.1, -0.05) is 30.3 Å². The lowest BCUT2D eigenvalue weighted by Crippen LogP contribution is -2.17. The number of benzene rings is 1. The summed E-state index contributed by atoms with van der Waals surface area (Å²) in [6.45, 7) is 0. The summed E-state index contributed by atoms with van der Waals surface area (Å²) < 4.78 is 0. The lowest BCUT2D eigenvalue weighted by atomic mass is 10.0. The first kappa shape index (κ1) is 10.4. The summed E-state index contributed by atoms with van der Waals surface area (Å²) in [5.41, 5.74) is 1.01. The molecule has 0 radical (unpaired) electrons. The predicted octanol–water partition coefficient (Wildman–Crippen LogP) is 1.63. The van der Waals surface area contributed by atoms with Crippen molar-refractivity contribution >= 4 is 12.2 Å². The summed E-state index contributed by atoms with van der Waals surface area (Å²) in [5.74, 6) is -1.36. The molecule has 0 saturated carbocycles. The first-order chi connectivity index (χ1) is 6.74. The van der Waals surface area contributed by atoms with E-state index in [9.17, 15) is 4.79 Å². The molecule has 3 nitrogen and oxygen atoms in total. The highest BCUT2D eigenvalue weighted by Gasteiger charge is 2.14. The molecule has 0 spiro atoms. The van der Waals surface area contributed by atoms with Gasteiger partial charge in [0, 0.05) is 13.3 Å². The second kappa shape index (κ2) is 5.17. The predicted molar refractivity (Wildman–Crippen MR) is 55.7 cm³/mol. The summed E-state index contributed by atoms with van der Waals surface area (Å²) in [6, 6.07) is 9.54.